The number of nitrogens with zero attached hydrogens (tertiary/aromatic N) is 5. The first-order valence-corrected chi connectivity index (χ1v) is 8.87. The highest BCUT2D eigenvalue weighted by molar-refractivity contribution is 5.89. The SMILES string of the molecule is CC(C)Cc1ncc(NC(=O)N2CCCC(c3ccn(C)n3)C2)cn1. The molecule has 1 saturated heterocycles. The van der Waals surface area contributed by atoms with Gasteiger partial charge in [0.25, 0.3) is 0 Å². The summed E-state index contributed by atoms with van der Waals surface area (Å²) in [6.45, 7) is 5.72. The maximum absolute atomic E-state index is 12.5. The molecule has 2 aromatic heterocycles. The predicted molar refractivity (Wildman–Crippen MR) is 96.3 cm³/mol. The summed E-state index contributed by atoms with van der Waals surface area (Å²) in [4.78, 5) is 23.0. The Balaban J connectivity index is 1.58. The van der Waals surface area contributed by atoms with Crippen LogP contribution < -0.4 is 5.32 Å². The van der Waals surface area contributed by atoms with Crippen LogP contribution in [-0.2, 0) is 13.5 Å². The average molecular weight is 342 g/mol. The molecule has 3 heterocycles. The standard InChI is InChI=1S/C18H26N6O/c1-13(2)9-17-19-10-15(11-20-17)21-18(25)24-7-4-5-14(12-24)16-6-8-23(3)22-16/h6,8,10-11,13-14H,4-5,7,9,12H2,1-3H3,(H,21,25). The summed E-state index contributed by atoms with van der Waals surface area (Å²) in [6.07, 6.45) is 8.20. The number of nitrogens with one attached hydrogen (secondary N) is 1. The van der Waals surface area contributed by atoms with Crippen LogP contribution in [0, 0.1) is 5.92 Å². The van der Waals surface area contributed by atoms with Crippen molar-refractivity contribution in [3.8, 4) is 0 Å². The van der Waals surface area contributed by atoms with Crippen molar-refractivity contribution >= 4 is 11.7 Å². The maximum atomic E-state index is 12.5. The number of amides is 2. The third-order valence-corrected chi connectivity index (χ3v) is 4.41. The molecular weight excluding hydrogens is 316 g/mol. The van der Waals surface area contributed by atoms with E-state index >= 15 is 0 Å². The highest BCUT2D eigenvalue weighted by atomic mass is 16.2. The number of aromatic nitrogens is 4. The number of anilines is 1. The van der Waals surface area contributed by atoms with Crippen molar-refractivity contribution in [1.29, 1.82) is 0 Å². The van der Waals surface area contributed by atoms with Gasteiger partial charge in [-0.2, -0.15) is 5.10 Å². The monoisotopic (exact) mass is 342 g/mol. The Kier molecular flexibility index (Phi) is 5.31. The zero-order chi connectivity index (χ0) is 17.8. The number of urea groups is 1. The molecule has 134 valence electrons. The fourth-order valence-electron chi connectivity index (χ4n) is 3.15. The van der Waals surface area contributed by atoms with Gasteiger partial charge in [-0.25, -0.2) is 14.8 Å². The van der Waals surface area contributed by atoms with Crippen molar-refractivity contribution in [3.63, 3.8) is 0 Å². The third kappa shape index (κ3) is 4.55. The van der Waals surface area contributed by atoms with E-state index in [-0.39, 0.29) is 6.03 Å². The Labute approximate surface area is 148 Å². The second-order valence-electron chi connectivity index (χ2n) is 7.12. The van der Waals surface area contributed by atoms with Crippen LogP contribution in [0.15, 0.2) is 24.7 Å². The van der Waals surface area contributed by atoms with E-state index in [4.69, 9.17) is 0 Å². The van der Waals surface area contributed by atoms with Gasteiger partial charge in [0.15, 0.2) is 0 Å². The first-order chi connectivity index (χ1) is 12.0. The van der Waals surface area contributed by atoms with Gasteiger partial charge in [0.1, 0.15) is 5.82 Å². The normalized spacial score (nSPS) is 17.8. The molecule has 7 heteroatoms. The number of piperidine rings is 1. The van der Waals surface area contributed by atoms with Crippen LogP contribution in [0.5, 0.6) is 0 Å². The van der Waals surface area contributed by atoms with E-state index in [1.54, 1.807) is 12.4 Å². The van der Waals surface area contributed by atoms with E-state index < -0.39 is 0 Å². The first kappa shape index (κ1) is 17.4. The largest absolute Gasteiger partial charge is 0.324 e. The molecule has 0 bridgehead atoms. The average Bonchev–Trinajstić information content (AvgIpc) is 3.03. The zero-order valence-corrected chi connectivity index (χ0v) is 15.1. The molecule has 0 spiro atoms. The lowest BCUT2D eigenvalue weighted by atomic mass is 9.95. The molecular formula is C18H26N6O. The molecule has 0 aromatic carbocycles. The van der Waals surface area contributed by atoms with Crippen molar-refractivity contribution in [3.05, 3.63) is 36.2 Å². The first-order valence-electron chi connectivity index (χ1n) is 8.87. The topological polar surface area (TPSA) is 75.9 Å². The minimum Gasteiger partial charge on any atom is -0.324 e. The second kappa shape index (κ2) is 7.63. The number of hydrogen-bond donors (Lipinski definition) is 1. The third-order valence-electron chi connectivity index (χ3n) is 4.41. The van der Waals surface area contributed by atoms with E-state index in [2.05, 4.69) is 34.2 Å². The van der Waals surface area contributed by atoms with Crippen LogP contribution in [0.3, 0.4) is 0 Å². The van der Waals surface area contributed by atoms with Gasteiger partial charge in [0.2, 0.25) is 0 Å². The molecule has 1 aliphatic rings. The Morgan fingerprint density at radius 3 is 2.76 bits per heavy atom. The second-order valence-corrected chi connectivity index (χ2v) is 7.12. The lowest BCUT2D eigenvalue weighted by Gasteiger charge is -2.32. The van der Waals surface area contributed by atoms with Gasteiger partial charge in [-0.05, 0) is 24.8 Å². The molecule has 0 radical (unpaired) electrons. The summed E-state index contributed by atoms with van der Waals surface area (Å²) >= 11 is 0. The van der Waals surface area contributed by atoms with Crippen molar-refractivity contribution in [2.45, 2.75) is 39.0 Å². The van der Waals surface area contributed by atoms with Gasteiger partial charge in [-0.3, -0.25) is 4.68 Å². The number of carbonyl (C=O) groups is 1. The number of carbonyl (C=O) groups excluding carboxylic acids is 1. The van der Waals surface area contributed by atoms with Gasteiger partial charge in [-0.1, -0.05) is 13.8 Å². The number of likely N-dealkylation sites (tertiary alicyclic amines) is 1. The number of aryl methyl sites for hydroxylation is 1. The van der Waals surface area contributed by atoms with Crippen LogP contribution in [0.25, 0.3) is 0 Å². The van der Waals surface area contributed by atoms with E-state index in [1.165, 1.54) is 0 Å². The molecule has 7 nitrogen and oxygen atoms in total. The molecule has 0 saturated carbocycles. The van der Waals surface area contributed by atoms with Crippen LogP contribution in [0.2, 0.25) is 0 Å². The van der Waals surface area contributed by atoms with Crippen LogP contribution in [0.1, 0.15) is 44.1 Å². The highest BCUT2D eigenvalue weighted by Gasteiger charge is 2.26. The Bertz CT molecular complexity index is 709. The summed E-state index contributed by atoms with van der Waals surface area (Å²) in [5.41, 5.74) is 1.69. The lowest BCUT2D eigenvalue weighted by molar-refractivity contribution is 0.192. The zero-order valence-electron chi connectivity index (χ0n) is 15.1. The molecule has 0 aliphatic carbocycles. The minimum absolute atomic E-state index is 0.0964. The molecule has 3 rings (SSSR count). The van der Waals surface area contributed by atoms with Crippen molar-refractivity contribution in [2.75, 3.05) is 18.4 Å². The van der Waals surface area contributed by atoms with Gasteiger partial charge in [-0.15, -0.1) is 0 Å². The molecule has 25 heavy (non-hydrogen) atoms. The minimum atomic E-state index is -0.0964. The van der Waals surface area contributed by atoms with Gasteiger partial charge >= 0.3 is 6.03 Å². The fraction of sp³-hybridized carbons (Fsp3) is 0.556. The maximum Gasteiger partial charge on any atom is 0.321 e. The summed E-state index contributed by atoms with van der Waals surface area (Å²) in [5.74, 6) is 1.61. The number of rotatable bonds is 4. The molecule has 1 atom stereocenters. The molecule has 2 aromatic rings. The quantitative estimate of drug-likeness (QED) is 0.927. The van der Waals surface area contributed by atoms with E-state index in [9.17, 15) is 4.79 Å². The van der Waals surface area contributed by atoms with Crippen LogP contribution >= 0.6 is 0 Å². The predicted octanol–water partition coefficient (Wildman–Crippen LogP) is 2.82. The van der Waals surface area contributed by atoms with Crippen molar-refractivity contribution < 1.29 is 4.79 Å². The molecule has 1 aliphatic heterocycles. The summed E-state index contributed by atoms with van der Waals surface area (Å²) < 4.78 is 1.81. The lowest BCUT2D eigenvalue weighted by Crippen LogP contribution is -2.41. The Morgan fingerprint density at radius 2 is 2.12 bits per heavy atom. The highest BCUT2D eigenvalue weighted by Crippen LogP contribution is 2.25. The molecule has 1 unspecified atom stereocenters. The smallest absolute Gasteiger partial charge is 0.321 e. The van der Waals surface area contributed by atoms with Crippen molar-refractivity contribution in [2.24, 2.45) is 13.0 Å². The van der Waals surface area contributed by atoms with Gasteiger partial charge in [0, 0.05) is 38.7 Å². The van der Waals surface area contributed by atoms with Gasteiger partial charge in [0.05, 0.1) is 23.8 Å². The summed E-state index contributed by atoms with van der Waals surface area (Å²) in [5, 5.41) is 7.39. The van der Waals surface area contributed by atoms with Crippen molar-refractivity contribution in [1.82, 2.24) is 24.6 Å². The molecule has 1 N–H and O–H groups in total. The van der Waals surface area contributed by atoms with E-state index in [0.29, 0.717) is 24.1 Å². The van der Waals surface area contributed by atoms with Crippen LogP contribution in [0.4, 0.5) is 10.5 Å². The number of hydrogen-bond acceptors (Lipinski definition) is 4. The van der Waals surface area contributed by atoms with Gasteiger partial charge < -0.3 is 10.2 Å². The van der Waals surface area contributed by atoms with Crippen LogP contribution in [-0.4, -0.2) is 43.8 Å². The summed E-state index contributed by atoms with van der Waals surface area (Å²) in [7, 11) is 1.92. The Hall–Kier alpha value is -2.44. The van der Waals surface area contributed by atoms with E-state index in [0.717, 1.165) is 37.3 Å². The molecule has 2 amide bonds. The Morgan fingerprint density at radius 1 is 1.36 bits per heavy atom. The van der Waals surface area contributed by atoms with E-state index in [1.807, 2.05) is 28.9 Å². The summed E-state index contributed by atoms with van der Waals surface area (Å²) in [6, 6.07) is 1.94. The fourth-order valence-corrected chi connectivity index (χ4v) is 3.15. The molecule has 1 fully saturated rings.